The molecule has 0 saturated carbocycles. The van der Waals surface area contributed by atoms with Crippen molar-refractivity contribution in [3.8, 4) is 11.5 Å². The molecule has 0 aliphatic carbocycles. The molecular weight excluding hydrogens is 318 g/mol. The average molecular weight is 337 g/mol. The summed E-state index contributed by atoms with van der Waals surface area (Å²) in [5.41, 5.74) is 1.75. The summed E-state index contributed by atoms with van der Waals surface area (Å²) in [5.74, 6) is 1.18. The largest absolute Gasteiger partial charge is 0.494 e. The molecule has 5 heteroatoms. The van der Waals surface area contributed by atoms with Crippen LogP contribution in [0.25, 0.3) is 6.08 Å². The van der Waals surface area contributed by atoms with Gasteiger partial charge in [0.1, 0.15) is 11.5 Å². The molecule has 1 aliphatic rings. The van der Waals surface area contributed by atoms with E-state index in [1.165, 1.54) is 0 Å². The van der Waals surface area contributed by atoms with Gasteiger partial charge in [-0.25, -0.2) is 9.79 Å². The van der Waals surface area contributed by atoms with Crippen molar-refractivity contribution in [2.45, 2.75) is 13.8 Å². The molecule has 1 heterocycles. The molecule has 25 heavy (non-hydrogen) atoms. The molecule has 128 valence electrons. The monoisotopic (exact) mass is 337 g/mol. The van der Waals surface area contributed by atoms with Crippen molar-refractivity contribution in [2.24, 2.45) is 4.99 Å². The van der Waals surface area contributed by atoms with Crippen LogP contribution in [0.2, 0.25) is 0 Å². The van der Waals surface area contributed by atoms with Gasteiger partial charge in [0.2, 0.25) is 5.90 Å². The van der Waals surface area contributed by atoms with Gasteiger partial charge in [0, 0.05) is 17.2 Å². The van der Waals surface area contributed by atoms with Crippen LogP contribution >= 0.6 is 0 Å². The van der Waals surface area contributed by atoms with Gasteiger partial charge in [-0.05, 0) is 44.2 Å². The minimum absolute atomic E-state index is 0.240. The van der Waals surface area contributed by atoms with E-state index in [0.717, 1.165) is 16.9 Å². The molecule has 3 rings (SSSR count). The number of carbonyl (C=O) groups excluding carboxylic acids is 1. The van der Waals surface area contributed by atoms with E-state index in [9.17, 15) is 4.79 Å². The molecule has 2 aromatic rings. The maximum atomic E-state index is 12.1. The Morgan fingerprint density at radius 3 is 2.52 bits per heavy atom. The number of ether oxygens (including phenoxy) is 3. The second-order valence-corrected chi connectivity index (χ2v) is 5.27. The Hall–Kier alpha value is -3.08. The minimum atomic E-state index is -0.477. The van der Waals surface area contributed by atoms with Crippen LogP contribution in [0, 0.1) is 0 Å². The molecule has 0 N–H and O–H groups in total. The highest BCUT2D eigenvalue weighted by molar-refractivity contribution is 6.12. The molecule has 5 nitrogen and oxygen atoms in total. The zero-order valence-electron chi connectivity index (χ0n) is 14.2. The van der Waals surface area contributed by atoms with E-state index in [4.69, 9.17) is 14.2 Å². The van der Waals surface area contributed by atoms with Crippen molar-refractivity contribution in [1.29, 1.82) is 0 Å². The summed E-state index contributed by atoms with van der Waals surface area (Å²) in [6.45, 7) is 4.90. The second kappa shape index (κ2) is 7.66. The Labute approximate surface area is 146 Å². The fourth-order valence-corrected chi connectivity index (χ4v) is 2.43. The summed E-state index contributed by atoms with van der Waals surface area (Å²) >= 11 is 0. The van der Waals surface area contributed by atoms with Gasteiger partial charge < -0.3 is 14.2 Å². The molecular formula is C20H19NO4. The lowest BCUT2D eigenvalue weighted by molar-refractivity contribution is -0.129. The molecule has 0 saturated heterocycles. The molecule has 0 aromatic heterocycles. The summed E-state index contributed by atoms with van der Waals surface area (Å²) in [4.78, 5) is 16.4. The summed E-state index contributed by atoms with van der Waals surface area (Å²) in [7, 11) is 0. The van der Waals surface area contributed by atoms with E-state index in [1.54, 1.807) is 6.08 Å². The van der Waals surface area contributed by atoms with Crippen LogP contribution in [0.4, 0.5) is 0 Å². The maximum absolute atomic E-state index is 12.1. The Morgan fingerprint density at radius 2 is 1.80 bits per heavy atom. The van der Waals surface area contributed by atoms with Crippen LogP contribution in [0.1, 0.15) is 25.0 Å². The lowest BCUT2D eigenvalue weighted by Gasteiger charge is -2.10. The first kappa shape index (κ1) is 16.8. The van der Waals surface area contributed by atoms with Gasteiger partial charge >= 0.3 is 5.97 Å². The zero-order chi connectivity index (χ0) is 17.6. The highest BCUT2D eigenvalue weighted by Gasteiger charge is 2.24. The number of benzene rings is 2. The van der Waals surface area contributed by atoms with Crippen molar-refractivity contribution < 1.29 is 19.0 Å². The van der Waals surface area contributed by atoms with Crippen molar-refractivity contribution >= 4 is 17.9 Å². The van der Waals surface area contributed by atoms with Gasteiger partial charge in [-0.2, -0.15) is 0 Å². The number of esters is 1. The Bertz CT molecular complexity index is 825. The molecule has 0 bridgehead atoms. The predicted octanol–water partition coefficient (Wildman–Crippen LogP) is 3.83. The second-order valence-electron chi connectivity index (χ2n) is 5.27. The van der Waals surface area contributed by atoms with Crippen molar-refractivity contribution in [1.82, 2.24) is 0 Å². The number of nitrogens with zero attached hydrogens (tertiary/aromatic N) is 1. The number of rotatable bonds is 6. The first-order chi connectivity index (χ1) is 12.2. The topological polar surface area (TPSA) is 57.1 Å². The van der Waals surface area contributed by atoms with Gasteiger partial charge in [-0.3, -0.25) is 0 Å². The highest BCUT2D eigenvalue weighted by Crippen LogP contribution is 2.29. The van der Waals surface area contributed by atoms with Gasteiger partial charge in [-0.15, -0.1) is 0 Å². The van der Waals surface area contributed by atoms with Gasteiger partial charge in [-0.1, -0.05) is 18.2 Å². The normalized spacial score (nSPS) is 15.0. The molecule has 0 atom stereocenters. The predicted molar refractivity (Wildman–Crippen MR) is 95.8 cm³/mol. The highest BCUT2D eigenvalue weighted by atomic mass is 16.6. The van der Waals surface area contributed by atoms with Gasteiger partial charge in [0.05, 0.1) is 13.2 Å². The molecule has 0 spiro atoms. The fourth-order valence-electron chi connectivity index (χ4n) is 2.43. The number of aliphatic imine (C=N–C) groups is 1. The molecule has 0 radical (unpaired) electrons. The molecule has 0 unspecified atom stereocenters. The van der Waals surface area contributed by atoms with Crippen LogP contribution < -0.4 is 9.47 Å². The molecule has 1 aliphatic heterocycles. The van der Waals surface area contributed by atoms with E-state index in [0.29, 0.717) is 24.9 Å². The number of carbonyl (C=O) groups is 1. The lowest BCUT2D eigenvalue weighted by atomic mass is 10.1. The third kappa shape index (κ3) is 3.88. The fraction of sp³-hybridized carbons (Fsp3) is 0.200. The minimum Gasteiger partial charge on any atom is -0.494 e. The van der Waals surface area contributed by atoms with Crippen LogP contribution in [0.15, 0.2) is 59.2 Å². The van der Waals surface area contributed by atoms with Crippen LogP contribution in [-0.2, 0) is 9.53 Å². The van der Waals surface area contributed by atoms with Crippen LogP contribution in [-0.4, -0.2) is 25.1 Å². The van der Waals surface area contributed by atoms with E-state index in [2.05, 4.69) is 4.99 Å². The third-order valence-electron chi connectivity index (χ3n) is 3.53. The maximum Gasteiger partial charge on any atom is 0.363 e. The Kier molecular flexibility index (Phi) is 5.14. The van der Waals surface area contributed by atoms with Gasteiger partial charge in [0.25, 0.3) is 0 Å². The lowest BCUT2D eigenvalue weighted by Crippen LogP contribution is -2.05. The van der Waals surface area contributed by atoms with Crippen molar-refractivity contribution in [3.63, 3.8) is 0 Å². The zero-order valence-corrected chi connectivity index (χ0v) is 14.2. The summed E-state index contributed by atoms with van der Waals surface area (Å²) in [5, 5.41) is 0. The SMILES string of the molecule is CCOc1ccc(/C=C2/N=C(c3ccccc3)OC2=O)c(OCC)c1. The van der Waals surface area contributed by atoms with Crippen molar-refractivity contribution in [2.75, 3.05) is 13.2 Å². The van der Waals surface area contributed by atoms with E-state index < -0.39 is 5.97 Å². The third-order valence-corrected chi connectivity index (χ3v) is 3.53. The number of hydrogen-bond donors (Lipinski definition) is 0. The molecule has 0 fully saturated rings. The van der Waals surface area contributed by atoms with Crippen LogP contribution in [0.3, 0.4) is 0 Å². The number of cyclic esters (lactones) is 1. The Balaban J connectivity index is 1.94. The first-order valence-electron chi connectivity index (χ1n) is 8.19. The van der Waals surface area contributed by atoms with E-state index in [-0.39, 0.29) is 5.70 Å². The number of hydrogen-bond acceptors (Lipinski definition) is 5. The quantitative estimate of drug-likeness (QED) is 0.594. The summed E-state index contributed by atoms with van der Waals surface area (Å²) in [6, 6.07) is 14.8. The standard InChI is InChI=1S/C20H19NO4/c1-3-23-16-11-10-15(18(13-16)24-4-2)12-17-20(22)25-19(21-17)14-8-6-5-7-9-14/h5-13H,3-4H2,1-2H3/b17-12+. The summed E-state index contributed by atoms with van der Waals surface area (Å²) < 4.78 is 16.4. The smallest absolute Gasteiger partial charge is 0.363 e. The first-order valence-corrected chi connectivity index (χ1v) is 8.19. The molecule has 0 amide bonds. The van der Waals surface area contributed by atoms with E-state index >= 15 is 0 Å². The average Bonchev–Trinajstić information content (AvgIpc) is 2.99. The van der Waals surface area contributed by atoms with E-state index in [1.807, 2.05) is 62.4 Å². The Morgan fingerprint density at radius 1 is 1.04 bits per heavy atom. The van der Waals surface area contributed by atoms with Crippen LogP contribution in [0.5, 0.6) is 11.5 Å². The molecule has 2 aromatic carbocycles. The summed E-state index contributed by atoms with van der Waals surface area (Å²) in [6.07, 6.45) is 1.67. The van der Waals surface area contributed by atoms with Gasteiger partial charge in [0.15, 0.2) is 5.70 Å². The van der Waals surface area contributed by atoms with Crippen molar-refractivity contribution in [3.05, 3.63) is 65.4 Å².